The van der Waals surface area contributed by atoms with Crippen molar-refractivity contribution >= 4 is 41.8 Å². The summed E-state index contributed by atoms with van der Waals surface area (Å²) in [7, 11) is 0. The molecular formula is C13H17N9OS2. The summed E-state index contributed by atoms with van der Waals surface area (Å²) in [6.45, 7) is 4.42. The van der Waals surface area contributed by atoms with Crippen LogP contribution in [0.5, 0.6) is 0 Å². The fourth-order valence-corrected chi connectivity index (χ4v) is 3.62. The second-order valence-corrected chi connectivity index (χ2v) is 6.80. The predicted molar refractivity (Wildman–Crippen MR) is 96.2 cm³/mol. The Bertz CT molecular complexity index is 837. The largest absolute Gasteiger partial charge is 0.378 e. The third-order valence-electron chi connectivity index (χ3n) is 3.81. The SMILES string of the molecule is Nc1nc(CSc2nc3n(c(=S)n2)CCN3)nc(N2CCOCC2)n1. The summed E-state index contributed by atoms with van der Waals surface area (Å²) in [5.41, 5.74) is 5.84. The average Bonchev–Trinajstić information content (AvgIpc) is 3.09. The quantitative estimate of drug-likeness (QED) is 0.565. The van der Waals surface area contributed by atoms with E-state index in [4.69, 9.17) is 22.7 Å². The van der Waals surface area contributed by atoms with Gasteiger partial charge in [-0.15, -0.1) is 0 Å². The van der Waals surface area contributed by atoms with Crippen molar-refractivity contribution in [1.82, 2.24) is 29.5 Å². The van der Waals surface area contributed by atoms with Crippen LogP contribution in [0.25, 0.3) is 0 Å². The smallest absolute Gasteiger partial charge is 0.230 e. The monoisotopic (exact) mass is 379 g/mol. The van der Waals surface area contributed by atoms with Crippen LogP contribution < -0.4 is 16.0 Å². The maximum absolute atomic E-state index is 5.84. The van der Waals surface area contributed by atoms with Gasteiger partial charge < -0.3 is 20.7 Å². The minimum absolute atomic E-state index is 0.211. The lowest BCUT2D eigenvalue weighted by atomic mass is 10.4. The molecule has 2 aromatic rings. The summed E-state index contributed by atoms with van der Waals surface area (Å²) in [6.07, 6.45) is 0. The third kappa shape index (κ3) is 3.65. The number of aromatic nitrogens is 6. The molecule has 10 nitrogen and oxygen atoms in total. The van der Waals surface area contributed by atoms with Gasteiger partial charge in [-0.1, -0.05) is 11.8 Å². The van der Waals surface area contributed by atoms with Gasteiger partial charge in [0.15, 0.2) is 5.16 Å². The second-order valence-electron chi connectivity index (χ2n) is 5.49. The normalized spacial score (nSPS) is 16.6. The van der Waals surface area contributed by atoms with Gasteiger partial charge in [0.2, 0.25) is 22.6 Å². The van der Waals surface area contributed by atoms with Crippen molar-refractivity contribution in [2.75, 3.05) is 48.8 Å². The van der Waals surface area contributed by atoms with Crippen molar-refractivity contribution in [3.8, 4) is 0 Å². The Morgan fingerprint density at radius 1 is 1.12 bits per heavy atom. The number of hydrogen-bond acceptors (Lipinski definition) is 11. The van der Waals surface area contributed by atoms with Crippen LogP contribution in [0.15, 0.2) is 5.16 Å². The molecule has 132 valence electrons. The molecular weight excluding hydrogens is 362 g/mol. The Morgan fingerprint density at radius 2 is 1.96 bits per heavy atom. The zero-order valence-corrected chi connectivity index (χ0v) is 15.0. The van der Waals surface area contributed by atoms with Gasteiger partial charge >= 0.3 is 0 Å². The molecule has 4 rings (SSSR count). The zero-order chi connectivity index (χ0) is 17.2. The Kier molecular flexibility index (Phi) is 4.63. The molecule has 0 radical (unpaired) electrons. The van der Waals surface area contributed by atoms with Gasteiger partial charge in [-0.05, 0) is 12.2 Å². The molecule has 0 unspecified atom stereocenters. The molecule has 0 aromatic carbocycles. The number of nitrogens with zero attached hydrogens (tertiary/aromatic N) is 7. The molecule has 2 aliphatic rings. The molecule has 0 atom stereocenters. The predicted octanol–water partition coefficient (Wildman–Crippen LogP) is 0.329. The lowest BCUT2D eigenvalue weighted by Crippen LogP contribution is -2.37. The highest BCUT2D eigenvalue weighted by Gasteiger charge is 2.17. The van der Waals surface area contributed by atoms with E-state index in [-0.39, 0.29) is 5.95 Å². The number of hydrogen-bond donors (Lipinski definition) is 2. The van der Waals surface area contributed by atoms with Crippen LogP contribution in [0.2, 0.25) is 0 Å². The molecule has 0 saturated carbocycles. The van der Waals surface area contributed by atoms with Gasteiger partial charge in [-0.25, -0.2) is 0 Å². The van der Waals surface area contributed by atoms with Crippen LogP contribution in [0.3, 0.4) is 0 Å². The molecule has 2 aromatic heterocycles. The van der Waals surface area contributed by atoms with Crippen LogP contribution in [-0.2, 0) is 17.0 Å². The maximum Gasteiger partial charge on any atom is 0.230 e. The van der Waals surface area contributed by atoms with Crippen LogP contribution in [0, 0.1) is 4.77 Å². The van der Waals surface area contributed by atoms with E-state index in [2.05, 4.69) is 30.2 Å². The lowest BCUT2D eigenvalue weighted by molar-refractivity contribution is 0.122. The van der Waals surface area contributed by atoms with Crippen molar-refractivity contribution in [3.05, 3.63) is 10.6 Å². The Balaban J connectivity index is 1.50. The van der Waals surface area contributed by atoms with Crippen LogP contribution >= 0.6 is 24.0 Å². The van der Waals surface area contributed by atoms with Gasteiger partial charge in [0.05, 0.1) is 19.0 Å². The standard InChI is InChI=1S/C13H17N9OS2/c14-9-16-8(17-11(18-9)21-3-5-23-6-4-21)7-25-12-19-10-15-1-2-22(10)13(24)20-12/h1-7H2,(H2,14,16,17,18)(H,15,19,20,24). The number of fused-ring (bicyclic) bond motifs is 1. The number of thioether (sulfide) groups is 1. The van der Waals surface area contributed by atoms with Crippen molar-refractivity contribution < 1.29 is 4.74 Å². The lowest BCUT2D eigenvalue weighted by Gasteiger charge is -2.26. The number of morpholine rings is 1. The molecule has 1 saturated heterocycles. The van der Waals surface area contributed by atoms with Crippen molar-refractivity contribution in [2.24, 2.45) is 0 Å². The first kappa shape index (κ1) is 16.4. The minimum atomic E-state index is 0.211. The molecule has 0 bridgehead atoms. The van der Waals surface area contributed by atoms with Crippen LogP contribution in [-0.4, -0.2) is 62.3 Å². The highest BCUT2D eigenvalue weighted by Crippen LogP contribution is 2.22. The first-order valence-electron chi connectivity index (χ1n) is 7.88. The fraction of sp³-hybridized carbons (Fsp3) is 0.538. The topological polar surface area (TPSA) is 120 Å². The van der Waals surface area contributed by atoms with E-state index < -0.39 is 0 Å². The molecule has 0 aliphatic carbocycles. The van der Waals surface area contributed by atoms with E-state index in [0.717, 1.165) is 32.1 Å². The molecule has 4 heterocycles. The first-order valence-corrected chi connectivity index (χ1v) is 9.27. The van der Waals surface area contributed by atoms with Crippen molar-refractivity contribution in [3.63, 3.8) is 0 Å². The highest BCUT2D eigenvalue weighted by atomic mass is 32.2. The number of nitrogen functional groups attached to an aromatic ring is 1. The number of rotatable bonds is 4. The summed E-state index contributed by atoms with van der Waals surface area (Å²) < 4.78 is 7.77. The van der Waals surface area contributed by atoms with Gasteiger partial charge in [0.25, 0.3) is 0 Å². The summed E-state index contributed by atoms with van der Waals surface area (Å²) >= 11 is 6.73. The van der Waals surface area contributed by atoms with E-state index >= 15 is 0 Å². The van der Waals surface area contributed by atoms with Gasteiger partial charge in [0, 0.05) is 26.2 Å². The molecule has 1 fully saturated rings. The van der Waals surface area contributed by atoms with Gasteiger partial charge in [-0.2, -0.15) is 24.9 Å². The minimum Gasteiger partial charge on any atom is -0.378 e. The van der Waals surface area contributed by atoms with Crippen LogP contribution in [0.4, 0.5) is 17.8 Å². The van der Waals surface area contributed by atoms with Crippen molar-refractivity contribution in [1.29, 1.82) is 0 Å². The highest BCUT2D eigenvalue weighted by molar-refractivity contribution is 7.98. The van der Waals surface area contributed by atoms with E-state index in [1.165, 1.54) is 11.8 Å². The fourth-order valence-electron chi connectivity index (χ4n) is 2.61. The summed E-state index contributed by atoms with van der Waals surface area (Å²) in [5, 5.41) is 3.79. The summed E-state index contributed by atoms with van der Waals surface area (Å²) in [5.74, 6) is 2.63. The van der Waals surface area contributed by atoms with E-state index in [0.29, 0.717) is 40.7 Å². The molecule has 0 amide bonds. The van der Waals surface area contributed by atoms with E-state index in [1.807, 2.05) is 9.47 Å². The Morgan fingerprint density at radius 3 is 2.80 bits per heavy atom. The van der Waals surface area contributed by atoms with Gasteiger partial charge in [0.1, 0.15) is 5.82 Å². The zero-order valence-electron chi connectivity index (χ0n) is 13.4. The Labute approximate surface area is 153 Å². The summed E-state index contributed by atoms with van der Waals surface area (Å²) in [6, 6.07) is 0. The maximum atomic E-state index is 5.84. The van der Waals surface area contributed by atoms with Gasteiger partial charge in [-0.3, -0.25) is 4.57 Å². The molecule has 3 N–H and O–H groups in total. The van der Waals surface area contributed by atoms with E-state index in [9.17, 15) is 0 Å². The molecule has 2 aliphatic heterocycles. The van der Waals surface area contributed by atoms with Crippen molar-refractivity contribution in [2.45, 2.75) is 17.5 Å². The second kappa shape index (κ2) is 7.06. The number of ether oxygens (including phenoxy) is 1. The number of nitrogens with one attached hydrogen (secondary N) is 1. The van der Waals surface area contributed by atoms with Crippen LogP contribution in [0.1, 0.15) is 5.82 Å². The molecule has 25 heavy (non-hydrogen) atoms. The Hall–Kier alpha value is -2.05. The van der Waals surface area contributed by atoms with E-state index in [1.54, 1.807) is 0 Å². The average molecular weight is 379 g/mol. The first-order chi connectivity index (χ1) is 12.2. The summed E-state index contributed by atoms with van der Waals surface area (Å²) in [4.78, 5) is 23.8. The molecule has 12 heteroatoms. The molecule has 0 spiro atoms. The third-order valence-corrected chi connectivity index (χ3v) is 4.96. The number of nitrogens with two attached hydrogens (primary N) is 1. The number of anilines is 3.